The zero-order chi connectivity index (χ0) is 19.6. The second-order valence-electron chi connectivity index (χ2n) is 5.10. The molecule has 0 aromatic heterocycles. The number of carboxylic acid groups (broad SMARTS) is 3. The smallest absolute Gasteiger partial charge is 0.339 e. The van der Waals surface area contributed by atoms with E-state index in [0.717, 1.165) is 12.5 Å². The Hall–Kier alpha value is -2.61. The van der Waals surface area contributed by atoms with Gasteiger partial charge in [-0.25, -0.2) is 4.79 Å². The third-order valence-electron chi connectivity index (χ3n) is 3.05. The van der Waals surface area contributed by atoms with Gasteiger partial charge in [-0.3, -0.25) is 9.59 Å². The standard InChI is InChI=1S/C13H15NO5.C2H4O2.C2H6/c1-7-2-3-11(9(4-7)12(15)16)19-8-5-10(13(17)18)14-6-8;1-2(3)4;1-2/h2-4,8,10,14H,5-6H2,1H3,(H,15,16)(H,17,18);1H3,(H,3,4);1-2H3. The van der Waals surface area contributed by atoms with Crippen molar-refractivity contribution in [2.24, 2.45) is 0 Å². The van der Waals surface area contributed by atoms with Crippen molar-refractivity contribution in [3.8, 4) is 5.75 Å². The Labute approximate surface area is 146 Å². The molecular weight excluding hydrogens is 330 g/mol. The number of nitrogens with one attached hydrogen (secondary N) is 1. The number of benzene rings is 1. The van der Waals surface area contributed by atoms with Crippen LogP contribution in [0.3, 0.4) is 0 Å². The van der Waals surface area contributed by atoms with Crippen LogP contribution in [-0.2, 0) is 9.59 Å². The molecule has 8 nitrogen and oxygen atoms in total. The fourth-order valence-electron chi connectivity index (χ4n) is 2.07. The van der Waals surface area contributed by atoms with E-state index in [1.165, 1.54) is 6.07 Å². The maximum Gasteiger partial charge on any atom is 0.339 e. The summed E-state index contributed by atoms with van der Waals surface area (Å²) < 4.78 is 5.60. The van der Waals surface area contributed by atoms with Gasteiger partial charge in [0.25, 0.3) is 5.97 Å². The quantitative estimate of drug-likeness (QED) is 0.644. The van der Waals surface area contributed by atoms with E-state index >= 15 is 0 Å². The second-order valence-corrected chi connectivity index (χ2v) is 5.10. The summed E-state index contributed by atoms with van der Waals surface area (Å²) in [5.74, 6) is -2.54. The molecule has 1 fully saturated rings. The lowest BCUT2D eigenvalue weighted by Crippen LogP contribution is -2.30. The first kappa shape index (κ1) is 22.4. The average molecular weight is 355 g/mol. The van der Waals surface area contributed by atoms with E-state index in [1.54, 1.807) is 19.1 Å². The lowest BCUT2D eigenvalue weighted by atomic mass is 10.1. The largest absolute Gasteiger partial charge is 0.488 e. The number of rotatable bonds is 4. The molecule has 0 saturated carbocycles. The first-order valence-corrected chi connectivity index (χ1v) is 7.87. The molecule has 0 bridgehead atoms. The van der Waals surface area contributed by atoms with Crippen LogP contribution in [0, 0.1) is 6.92 Å². The Balaban J connectivity index is 0.000000845. The van der Waals surface area contributed by atoms with E-state index in [0.29, 0.717) is 13.0 Å². The summed E-state index contributed by atoms with van der Waals surface area (Å²) in [6.45, 7) is 7.28. The fraction of sp³-hybridized carbons (Fsp3) is 0.471. The highest BCUT2D eigenvalue weighted by Crippen LogP contribution is 2.23. The van der Waals surface area contributed by atoms with Crippen molar-refractivity contribution in [2.45, 2.75) is 46.3 Å². The zero-order valence-corrected chi connectivity index (χ0v) is 14.8. The molecular formula is C17H25NO7. The summed E-state index contributed by atoms with van der Waals surface area (Å²) in [4.78, 5) is 30.9. The maximum atomic E-state index is 11.1. The molecule has 1 heterocycles. The number of hydrogen-bond acceptors (Lipinski definition) is 5. The van der Waals surface area contributed by atoms with E-state index in [1.807, 2.05) is 13.8 Å². The normalized spacial score (nSPS) is 18.1. The van der Waals surface area contributed by atoms with Gasteiger partial charge in [0, 0.05) is 19.9 Å². The summed E-state index contributed by atoms with van der Waals surface area (Å²) in [6, 6.07) is 4.27. The van der Waals surface area contributed by atoms with E-state index < -0.39 is 23.9 Å². The molecule has 2 rings (SSSR count). The Kier molecular flexibility index (Phi) is 9.88. The number of ether oxygens (including phenoxy) is 1. The van der Waals surface area contributed by atoms with E-state index in [9.17, 15) is 9.59 Å². The van der Waals surface area contributed by atoms with Crippen molar-refractivity contribution in [3.05, 3.63) is 29.3 Å². The molecule has 0 radical (unpaired) electrons. The van der Waals surface area contributed by atoms with Crippen molar-refractivity contribution in [1.29, 1.82) is 0 Å². The molecule has 1 aromatic rings. The minimum absolute atomic E-state index is 0.0961. The average Bonchev–Trinajstić information content (AvgIpc) is 2.99. The van der Waals surface area contributed by atoms with Crippen molar-refractivity contribution < 1.29 is 34.4 Å². The Morgan fingerprint density at radius 1 is 1.16 bits per heavy atom. The topological polar surface area (TPSA) is 133 Å². The summed E-state index contributed by atoms with van der Waals surface area (Å²) in [6.07, 6.45) is -0.00987. The van der Waals surface area contributed by atoms with Gasteiger partial charge in [0.1, 0.15) is 23.5 Å². The van der Waals surface area contributed by atoms with Crippen molar-refractivity contribution in [3.63, 3.8) is 0 Å². The third-order valence-corrected chi connectivity index (χ3v) is 3.05. The van der Waals surface area contributed by atoms with E-state index in [2.05, 4.69) is 5.32 Å². The Bertz CT molecular complexity index is 597. The number of carboxylic acids is 3. The Morgan fingerprint density at radius 3 is 2.16 bits per heavy atom. The van der Waals surface area contributed by atoms with Crippen molar-refractivity contribution in [1.82, 2.24) is 5.32 Å². The van der Waals surface area contributed by atoms with Crippen LogP contribution in [-0.4, -0.2) is 51.9 Å². The van der Waals surface area contributed by atoms with Gasteiger partial charge < -0.3 is 25.4 Å². The van der Waals surface area contributed by atoms with Crippen LogP contribution < -0.4 is 10.1 Å². The molecule has 2 atom stereocenters. The van der Waals surface area contributed by atoms with Gasteiger partial charge in [-0.2, -0.15) is 0 Å². The molecule has 8 heteroatoms. The fourth-order valence-corrected chi connectivity index (χ4v) is 2.07. The van der Waals surface area contributed by atoms with Crippen LogP contribution in [0.4, 0.5) is 0 Å². The molecule has 1 saturated heterocycles. The van der Waals surface area contributed by atoms with E-state index in [-0.39, 0.29) is 17.4 Å². The molecule has 2 unspecified atom stereocenters. The summed E-state index contributed by atoms with van der Waals surface area (Å²) >= 11 is 0. The lowest BCUT2D eigenvalue weighted by molar-refractivity contribution is -0.139. The van der Waals surface area contributed by atoms with Crippen molar-refractivity contribution >= 4 is 17.9 Å². The maximum absolute atomic E-state index is 11.1. The highest BCUT2D eigenvalue weighted by atomic mass is 16.5. The predicted octanol–water partition coefficient (Wildman–Crippen LogP) is 2.00. The van der Waals surface area contributed by atoms with Gasteiger partial charge in [0.2, 0.25) is 0 Å². The minimum Gasteiger partial charge on any atom is -0.488 e. The SMILES string of the molecule is CC.CC(=O)O.Cc1ccc(OC2CNC(C(=O)O)C2)c(C(=O)O)c1. The van der Waals surface area contributed by atoms with Gasteiger partial charge in [-0.15, -0.1) is 0 Å². The van der Waals surface area contributed by atoms with Gasteiger partial charge >= 0.3 is 11.9 Å². The molecule has 0 aliphatic carbocycles. The van der Waals surface area contributed by atoms with Gasteiger partial charge in [-0.05, 0) is 19.1 Å². The van der Waals surface area contributed by atoms with Crippen LogP contribution in [0.25, 0.3) is 0 Å². The Morgan fingerprint density at radius 2 is 1.72 bits per heavy atom. The minimum atomic E-state index is -1.06. The third kappa shape index (κ3) is 8.16. The molecule has 1 aromatic carbocycles. The van der Waals surface area contributed by atoms with Crippen molar-refractivity contribution in [2.75, 3.05) is 6.54 Å². The molecule has 1 aliphatic heterocycles. The van der Waals surface area contributed by atoms with Crippen LogP contribution in [0.15, 0.2) is 18.2 Å². The van der Waals surface area contributed by atoms with Crippen LogP contribution in [0.2, 0.25) is 0 Å². The molecule has 4 N–H and O–H groups in total. The first-order valence-electron chi connectivity index (χ1n) is 7.87. The summed E-state index contributed by atoms with van der Waals surface area (Å²) in [5, 5.41) is 28.2. The predicted molar refractivity (Wildman–Crippen MR) is 91.3 cm³/mol. The number of aliphatic carboxylic acids is 2. The number of carbonyl (C=O) groups is 3. The summed E-state index contributed by atoms with van der Waals surface area (Å²) in [5.41, 5.74) is 0.927. The molecule has 0 amide bonds. The van der Waals surface area contributed by atoms with Crippen LogP contribution in [0.1, 0.15) is 43.1 Å². The highest BCUT2D eigenvalue weighted by molar-refractivity contribution is 5.91. The molecule has 140 valence electrons. The van der Waals surface area contributed by atoms with Crippen LogP contribution >= 0.6 is 0 Å². The number of aryl methyl sites for hydroxylation is 1. The first-order chi connectivity index (χ1) is 11.7. The monoisotopic (exact) mass is 355 g/mol. The molecule has 25 heavy (non-hydrogen) atoms. The lowest BCUT2D eigenvalue weighted by Gasteiger charge is -2.15. The summed E-state index contributed by atoms with van der Waals surface area (Å²) in [7, 11) is 0. The molecule has 1 aliphatic rings. The molecule has 0 spiro atoms. The zero-order valence-electron chi connectivity index (χ0n) is 14.8. The van der Waals surface area contributed by atoms with Gasteiger partial charge in [-0.1, -0.05) is 25.5 Å². The van der Waals surface area contributed by atoms with Crippen LogP contribution in [0.5, 0.6) is 5.75 Å². The number of hydrogen-bond donors (Lipinski definition) is 4. The number of aromatic carboxylic acids is 1. The highest BCUT2D eigenvalue weighted by Gasteiger charge is 2.31. The van der Waals surface area contributed by atoms with Gasteiger partial charge in [0.05, 0.1) is 0 Å². The van der Waals surface area contributed by atoms with E-state index in [4.69, 9.17) is 24.9 Å². The second kappa shape index (κ2) is 11.0. The van der Waals surface area contributed by atoms with Gasteiger partial charge in [0.15, 0.2) is 0 Å².